The first kappa shape index (κ1) is 18.8. The zero-order valence-corrected chi connectivity index (χ0v) is 16.8. The molecule has 1 aromatic carbocycles. The second kappa shape index (κ2) is 9.11. The van der Waals surface area contributed by atoms with Crippen LogP contribution in [0.5, 0.6) is 0 Å². The second-order valence-electron chi connectivity index (χ2n) is 6.16. The van der Waals surface area contributed by atoms with Gasteiger partial charge in [0.2, 0.25) is 0 Å². The molecule has 0 aliphatic heterocycles. The summed E-state index contributed by atoms with van der Waals surface area (Å²) in [6.07, 6.45) is 9.70. The third kappa shape index (κ3) is 4.75. The minimum Gasteiger partial charge on any atom is -0.361 e. The predicted molar refractivity (Wildman–Crippen MR) is 113 cm³/mol. The second-order valence-corrected chi connectivity index (χ2v) is 6.16. The molecule has 4 nitrogen and oxygen atoms in total. The van der Waals surface area contributed by atoms with E-state index in [1.54, 1.807) is 0 Å². The quantitative estimate of drug-likeness (QED) is 0.287. The number of aromatic amines is 1. The van der Waals surface area contributed by atoms with Crippen molar-refractivity contribution in [1.82, 2.24) is 15.6 Å². The van der Waals surface area contributed by atoms with Crippen molar-refractivity contribution in [2.24, 2.45) is 4.99 Å². The third-order valence-corrected chi connectivity index (χ3v) is 4.27. The molecule has 5 heteroatoms. The van der Waals surface area contributed by atoms with Crippen molar-refractivity contribution in [3.8, 4) is 0 Å². The number of aliphatic imine (C=N–C) groups is 1. The number of nitrogens with one attached hydrogen (secondary N) is 3. The lowest BCUT2D eigenvalue weighted by Gasteiger charge is -2.16. The van der Waals surface area contributed by atoms with E-state index in [-0.39, 0.29) is 24.0 Å². The van der Waals surface area contributed by atoms with Gasteiger partial charge in [0.05, 0.1) is 0 Å². The number of aromatic nitrogens is 1. The number of H-pyrrole nitrogens is 1. The van der Waals surface area contributed by atoms with Crippen LogP contribution in [0.25, 0.3) is 10.9 Å². The van der Waals surface area contributed by atoms with E-state index in [2.05, 4.69) is 66.0 Å². The minimum atomic E-state index is 0. The van der Waals surface area contributed by atoms with Crippen molar-refractivity contribution in [3.63, 3.8) is 0 Å². The van der Waals surface area contributed by atoms with E-state index in [0.717, 1.165) is 38.3 Å². The number of guanidine groups is 1. The average Bonchev–Trinajstić information content (AvgIpc) is 3.17. The van der Waals surface area contributed by atoms with Gasteiger partial charge in [-0.25, -0.2) is 0 Å². The summed E-state index contributed by atoms with van der Waals surface area (Å²) < 4.78 is 0. The molecule has 3 rings (SSSR count). The highest BCUT2D eigenvalue weighted by atomic mass is 127. The smallest absolute Gasteiger partial charge is 0.191 e. The molecule has 2 aromatic rings. The Morgan fingerprint density at radius 2 is 2.08 bits per heavy atom. The summed E-state index contributed by atoms with van der Waals surface area (Å²) in [7, 11) is 0. The number of benzene rings is 1. The van der Waals surface area contributed by atoms with Gasteiger partial charge in [-0.3, -0.25) is 4.99 Å². The summed E-state index contributed by atoms with van der Waals surface area (Å²) in [5, 5.41) is 8.16. The minimum absolute atomic E-state index is 0. The monoisotopic (exact) mass is 438 g/mol. The van der Waals surface area contributed by atoms with Crippen molar-refractivity contribution in [3.05, 3.63) is 47.7 Å². The Kier molecular flexibility index (Phi) is 7.15. The molecule has 0 radical (unpaired) electrons. The maximum atomic E-state index is 4.73. The first-order valence-electron chi connectivity index (χ1n) is 8.52. The fourth-order valence-electron chi connectivity index (χ4n) is 3.04. The van der Waals surface area contributed by atoms with E-state index < -0.39 is 0 Å². The van der Waals surface area contributed by atoms with Crippen molar-refractivity contribution in [2.75, 3.05) is 13.1 Å². The Balaban J connectivity index is 0.00000208. The topological polar surface area (TPSA) is 52.2 Å². The van der Waals surface area contributed by atoms with E-state index >= 15 is 0 Å². The van der Waals surface area contributed by atoms with Crippen molar-refractivity contribution >= 4 is 40.8 Å². The van der Waals surface area contributed by atoms with Crippen LogP contribution in [0.3, 0.4) is 0 Å². The maximum Gasteiger partial charge on any atom is 0.191 e. The molecule has 0 saturated heterocycles. The molecule has 130 valence electrons. The average molecular weight is 438 g/mol. The van der Waals surface area contributed by atoms with Crippen LogP contribution < -0.4 is 10.6 Å². The number of nitrogens with zero attached hydrogens (tertiary/aromatic N) is 1. The number of fused-ring (bicyclic) bond motifs is 1. The molecule has 0 fully saturated rings. The number of aryl methyl sites for hydroxylation is 1. The van der Waals surface area contributed by atoms with Gasteiger partial charge in [-0.05, 0) is 50.3 Å². The highest BCUT2D eigenvalue weighted by Gasteiger charge is 2.11. The van der Waals surface area contributed by atoms with Gasteiger partial charge in [-0.15, -0.1) is 24.0 Å². The van der Waals surface area contributed by atoms with Crippen LogP contribution in [0.15, 0.2) is 41.5 Å². The molecule has 1 aromatic heterocycles. The Hall–Kier alpha value is -1.50. The van der Waals surface area contributed by atoms with Crippen LogP contribution in [-0.2, 0) is 6.42 Å². The molecule has 0 spiro atoms. The summed E-state index contributed by atoms with van der Waals surface area (Å²) in [6, 6.07) is 7.06. The molecule has 0 amide bonds. The van der Waals surface area contributed by atoms with Crippen molar-refractivity contribution in [2.45, 2.75) is 39.2 Å². The van der Waals surface area contributed by atoms with E-state index in [1.165, 1.54) is 22.0 Å². The number of halogens is 1. The van der Waals surface area contributed by atoms with Gasteiger partial charge in [0.15, 0.2) is 5.96 Å². The van der Waals surface area contributed by atoms with Gasteiger partial charge in [0, 0.05) is 36.2 Å². The molecule has 0 bridgehead atoms. The van der Waals surface area contributed by atoms with Gasteiger partial charge in [0.1, 0.15) is 0 Å². The lowest BCUT2D eigenvalue weighted by atomic mass is 10.1. The molecule has 1 aliphatic rings. The van der Waals surface area contributed by atoms with Crippen LogP contribution in [0.4, 0.5) is 0 Å². The highest BCUT2D eigenvalue weighted by Crippen LogP contribution is 2.19. The number of hydrogen-bond acceptors (Lipinski definition) is 1. The van der Waals surface area contributed by atoms with E-state index in [4.69, 9.17) is 4.99 Å². The lowest BCUT2D eigenvalue weighted by molar-refractivity contribution is 0.633. The number of rotatable bonds is 5. The fourth-order valence-corrected chi connectivity index (χ4v) is 3.04. The maximum absolute atomic E-state index is 4.73. The molecule has 1 heterocycles. The Morgan fingerprint density at radius 3 is 2.83 bits per heavy atom. The Labute approximate surface area is 161 Å². The summed E-state index contributed by atoms with van der Waals surface area (Å²) in [5.74, 6) is 0.928. The van der Waals surface area contributed by atoms with Crippen LogP contribution in [0.2, 0.25) is 0 Å². The van der Waals surface area contributed by atoms with Crippen LogP contribution in [0.1, 0.15) is 30.9 Å². The molecule has 0 saturated carbocycles. The van der Waals surface area contributed by atoms with Gasteiger partial charge in [-0.1, -0.05) is 24.3 Å². The van der Waals surface area contributed by atoms with Crippen LogP contribution in [0, 0.1) is 6.92 Å². The first-order valence-corrected chi connectivity index (χ1v) is 8.52. The van der Waals surface area contributed by atoms with Crippen molar-refractivity contribution in [1.29, 1.82) is 0 Å². The van der Waals surface area contributed by atoms with Crippen LogP contribution >= 0.6 is 24.0 Å². The molecule has 24 heavy (non-hydrogen) atoms. The Bertz CT molecular complexity index is 709. The third-order valence-electron chi connectivity index (χ3n) is 4.27. The molecule has 0 atom stereocenters. The zero-order valence-electron chi connectivity index (χ0n) is 14.4. The van der Waals surface area contributed by atoms with E-state index in [9.17, 15) is 0 Å². The predicted octanol–water partition coefficient (Wildman–Crippen LogP) is 3.91. The summed E-state index contributed by atoms with van der Waals surface area (Å²) in [5.41, 5.74) is 3.83. The summed E-state index contributed by atoms with van der Waals surface area (Å²) in [6.45, 7) is 5.90. The molecule has 1 aliphatic carbocycles. The molecule has 3 N–H and O–H groups in total. The molecular weight excluding hydrogens is 411 g/mol. The van der Waals surface area contributed by atoms with Gasteiger partial charge in [0.25, 0.3) is 0 Å². The largest absolute Gasteiger partial charge is 0.361 e. The molecule has 0 unspecified atom stereocenters. The van der Waals surface area contributed by atoms with E-state index in [0.29, 0.717) is 6.04 Å². The normalized spacial score (nSPS) is 14.8. The number of hydrogen-bond donors (Lipinski definition) is 3. The summed E-state index contributed by atoms with van der Waals surface area (Å²) >= 11 is 0. The highest BCUT2D eigenvalue weighted by molar-refractivity contribution is 14.0. The summed E-state index contributed by atoms with van der Waals surface area (Å²) in [4.78, 5) is 8.09. The first-order chi connectivity index (χ1) is 11.3. The fraction of sp³-hybridized carbons (Fsp3) is 0.421. The SMILES string of the molecule is CCNC(=NCCc1c[nH]c2cc(C)ccc12)NC1CC=CC1.I. The Morgan fingerprint density at radius 1 is 1.29 bits per heavy atom. The van der Waals surface area contributed by atoms with Crippen LogP contribution in [-0.4, -0.2) is 30.1 Å². The van der Waals surface area contributed by atoms with Gasteiger partial charge in [-0.2, -0.15) is 0 Å². The van der Waals surface area contributed by atoms with Gasteiger partial charge < -0.3 is 15.6 Å². The molecular formula is C19H27IN4. The zero-order chi connectivity index (χ0) is 16.1. The van der Waals surface area contributed by atoms with E-state index in [1.807, 2.05) is 0 Å². The van der Waals surface area contributed by atoms with Crippen molar-refractivity contribution < 1.29 is 0 Å². The standard InChI is InChI=1S/C19H26N4.HI/c1-3-20-19(23-16-6-4-5-7-16)21-11-10-15-13-22-18-12-14(2)8-9-17(15)18;/h4-5,8-9,12-13,16,22H,3,6-7,10-11H2,1-2H3,(H2,20,21,23);1H. The lowest BCUT2D eigenvalue weighted by Crippen LogP contribution is -2.42. The van der Waals surface area contributed by atoms with Gasteiger partial charge >= 0.3 is 0 Å².